The third kappa shape index (κ3) is 8.58. The van der Waals surface area contributed by atoms with Crippen molar-refractivity contribution in [3.63, 3.8) is 0 Å². The molecule has 6 rings (SSSR count). The number of phenols is 2. The fourth-order valence-corrected chi connectivity index (χ4v) is 6.16. The van der Waals surface area contributed by atoms with Gasteiger partial charge >= 0.3 is 12.1 Å². The number of benzene rings is 2. The number of hydrogen-bond donors (Lipinski definition) is 8. The number of nitrogens with two attached hydrogens (primary N) is 1. The van der Waals surface area contributed by atoms with E-state index in [9.17, 15) is 38.4 Å². The summed E-state index contributed by atoms with van der Waals surface area (Å²) in [5.74, 6) is -1.82. The third-order valence-corrected chi connectivity index (χ3v) is 8.90. The van der Waals surface area contributed by atoms with Gasteiger partial charge in [0.1, 0.15) is 23.7 Å². The van der Waals surface area contributed by atoms with Gasteiger partial charge in [-0.05, 0) is 48.2 Å². The Labute approximate surface area is 289 Å². The number of aromatic hydroxyl groups is 2. The van der Waals surface area contributed by atoms with Crippen LogP contribution in [0.15, 0.2) is 54.9 Å². The van der Waals surface area contributed by atoms with E-state index in [0.29, 0.717) is 49.0 Å². The molecule has 274 valence electrons. The minimum Gasteiger partial charge on any atom is -0.508 e. The molecule has 5 atom stereocenters. The minimum atomic E-state index is -5.08. The maximum absolute atomic E-state index is 12.1. The summed E-state index contributed by atoms with van der Waals surface area (Å²) in [4.78, 5) is 37.4. The van der Waals surface area contributed by atoms with Crippen molar-refractivity contribution in [1.29, 1.82) is 0 Å². The van der Waals surface area contributed by atoms with Gasteiger partial charge in [-0.1, -0.05) is 31.2 Å². The summed E-state index contributed by atoms with van der Waals surface area (Å²) in [5, 5.41) is 55.0. The van der Waals surface area contributed by atoms with Crippen molar-refractivity contribution in [3.8, 4) is 11.5 Å². The largest absolute Gasteiger partial charge is 0.508 e. The molecule has 1 saturated carbocycles. The van der Waals surface area contributed by atoms with Gasteiger partial charge in [0.25, 0.3) is 0 Å². The van der Waals surface area contributed by atoms with E-state index in [-0.39, 0.29) is 35.8 Å². The Morgan fingerprint density at radius 2 is 1.59 bits per heavy atom. The normalized spacial score (nSPS) is 21.8. The van der Waals surface area contributed by atoms with Gasteiger partial charge in [0.2, 0.25) is 11.9 Å². The smallest absolute Gasteiger partial charge is 0.490 e. The zero-order chi connectivity index (χ0) is 37.0. The summed E-state index contributed by atoms with van der Waals surface area (Å²) in [7, 11) is 0. The lowest BCUT2D eigenvalue weighted by Crippen LogP contribution is -2.42. The second kappa shape index (κ2) is 15.4. The van der Waals surface area contributed by atoms with Crippen molar-refractivity contribution in [2.24, 2.45) is 5.73 Å². The van der Waals surface area contributed by atoms with E-state index >= 15 is 0 Å². The van der Waals surface area contributed by atoms with Gasteiger partial charge in [0.05, 0.1) is 18.4 Å². The lowest BCUT2D eigenvalue weighted by Gasteiger charge is -2.22. The molecule has 4 aromatic rings. The first-order valence-corrected chi connectivity index (χ1v) is 16.2. The number of halogens is 3. The number of anilines is 2. The molecule has 1 saturated heterocycles. The second-order valence-corrected chi connectivity index (χ2v) is 12.4. The van der Waals surface area contributed by atoms with E-state index in [1.807, 2.05) is 29.2 Å². The van der Waals surface area contributed by atoms with Gasteiger partial charge in [0.15, 0.2) is 17.0 Å². The van der Waals surface area contributed by atoms with Crippen molar-refractivity contribution in [2.75, 3.05) is 29.9 Å². The molecule has 2 aromatic heterocycles. The van der Waals surface area contributed by atoms with Crippen LogP contribution in [0.3, 0.4) is 0 Å². The Morgan fingerprint density at radius 1 is 1.00 bits per heavy atom. The summed E-state index contributed by atoms with van der Waals surface area (Å²) in [6, 6.07) is 12.8. The zero-order valence-electron chi connectivity index (χ0n) is 27.4. The number of nitrogens with one attached hydrogen (secondary N) is 2. The van der Waals surface area contributed by atoms with Crippen LogP contribution >= 0.6 is 0 Å². The highest BCUT2D eigenvalue weighted by molar-refractivity contribution is 5.84. The molecule has 3 heterocycles. The number of aliphatic hydroxyl groups is 2. The van der Waals surface area contributed by atoms with Crippen molar-refractivity contribution in [3.05, 3.63) is 66.0 Å². The highest BCUT2D eigenvalue weighted by Gasteiger charge is 2.44. The molecule has 18 heteroatoms. The summed E-state index contributed by atoms with van der Waals surface area (Å²) in [5.41, 5.74) is 9.09. The van der Waals surface area contributed by atoms with E-state index in [0.717, 1.165) is 17.5 Å². The molecular formula is C33H39F3N8O7. The monoisotopic (exact) mass is 716 g/mol. The summed E-state index contributed by atoms with van der Waals surface area (Å²) in [6.45, 7) is 3.43. The fourth-order valence-electron chi connectivity index (χ4n) is 6.16. The number of amides is 1. The number of carboxylic acids is 1. The quantitative estimate of drug-likeness (QED) is 0.124. The predicted molar refractivity (Wildman–Crippen MR) is 178 cm³/mol. The fraction of sp³-hybridized carbons (Fsp3) is 0.424. The Kier molecular flexibility index (Phi) is 11.2. The lowest BCUT2D eigenvalue weighted by atomic mass is 9.91. The van der Waals surface area contributed by atoms with E-state index in [2.05, 4.69) is 15.6 Å². The first-order valence-electron chi connectivity index (χ1n) is 16.2. The van der Waals surface area contributed by atoms with Crippen LogP contribution in [0.1, 0.15) is 49.3 Å². The van der Waals surface area contributed by atoms with Crippen LogP contribution in [-0.2, 0) is 9.59 Å². The molecule has 2 fully saturated rings. The van der Waals surface area contributed by atoms with Crippen LogP contribution in [-0.4, -0.2) is 107 Å². The molecule has 51 heavy (non-hydrogen) atoms. The summed E-state index contributed by atoms with van der Waals surface area (Å²) in [6.07, 6.45) is -4.39. The number of fused-ring (bicyclic) bond motifs is 1. The van der Waals surface area contributed by atoms with E-state index < -0.39 is 36.4 Å². The molecule has 0 spiro atoms. The highest BCUT2D eigenvalue weighted by atomic mass is 19.4. The Bertz CT molecular complexity index is 1780. The van der Waals surface area contributed by atoms with Crippen molar-refractivity contribution in [2.45, 2.75) is 68.6 Å². The van der Waals surface area contributed by atoms with Gasteiger partial charge < -0.3 is 51.4 Å². The topological polar surface area (TPSA) is 232 Å². The van der Waals surface area contributed by atoms with E-state index in [1.54, 1.807) is 42.1 Å². The molecule has 0 bridgehead atoms. The van der Waals surface area contributed by atoms with Crippen molar-refractivity contribution >= 4 is 34.8 Å². The molecule has 0 radical (unpaired) electrons. The van der Waals surface area contributed by atoms with Crippen molar-refractivity contribution < 1.29 is 48.3 Å². The number of aliphatic carboxylic acids is 1. The Hall–Kier alpha value is -5.20. The number of rotatable bonds is 9. The molecule has 1 aliphatic heterocycles. The summed E-state index contributed by atoms with van der Waals surface area (Å²) < 4.78 is 33.5. The third-order valence-electron chi connectivity index (χ3n) is 8.90. The van der Waals surface area contributed by atoms with Crippen LogP contribution < -0.4 is 21.3 Å². The standard InChI is InChI=1S/C31H38N8O5.C2HF3O2/c1-2-25(42)35-23-13-24(28(44)27(23)43)39-16-34-26-29(36-31(37-30(26)39)38-12-11-19(32)15-38)33-14-22(17-3-7-20(40)8-4-17)18-5-9-21(41)10-6-18;3-2(4,5)1(6)7/h3-10,16,19,22-24,27-28,40-41,43-44H,2,11-15,32H2,1H3,(H,35,42)(H,33,36,37);(H,6,7)/t19-,23+,24-,27-,28+;/m1./s1. The van der Waals surface area contributed by atoms with Crippen LogP contribution in [0, 0.1) is 0 Å². The SMILES string of the molecule is CCC(=O)N[C@H]1C[C@@H](n2cnc3c(NCC(c4ccc(O)cc4)c4ccc(O)cc4)nc(N4CC[C@@H](N)C4)nc32)[C@H](O)[C@@H]1O.O=C(O)C(F)(F)F. The Morgan fingerprint density at radius 3 is 2.10 bits per heavy atom. The van der Waals surface area contributed by atoms with Gasteiger partial charge in [-0.2, -0.15) is 23.1 Å². The van der Waals surface area contributed by atoms with E-state index in [4.69, 9.17) is 25.6 Å². The number of phenolic OH excluding ortho intramolecular Hbond substituents is 2. The molecular weight excluding hydrogens is 677 g/mol. The van der Waals surface area contributed by atoms with Crippen LogP contribution in [0.5, 0.6) is 11.5 Å². The molecule has 1 amide bonds. The number of hydrogen-bond acceptors (Lipinski definition) is 12. The first kappa shape index (κ1) is 37.1. The number of alkyl halides is 3. The number of aliphatic hydroxyl groups excluding tert-OH is 2. The minimum absolute atomic E-state index is 0.00118. The maximum atomic E-state index is 12.1. The van der Waals surface area contributed by atoms with E-state index in [1.165, 1.54) is 0 Å². The molecule has 1 aliphatic carbocycles. The predicted octanol–water partition coefficient (Wildman–Crippen LogP) is 2.21. The van der Waals surface area contributed by atoms with Crippen LogP contribution in [0.4, 0.5) is 24.9 Å². The molecule has 15 nitrogen and oxygen atoms in total. The molecule has 0 unspecified atom stereocenters. The van der Waals surface area contributed by atoms with Gasteiger partial charge in [0, 0.05) is 38.0 Å². The molecule has 9 N–H and O–H groups in total. The average molecular weight is 717 g/mol. The molecule has 2 aromatic carbocycles. The number of carboxylic acid groups (broad SMARTS) is 1. The van der Waals surface area contributed by atoms with Crippen LogP contribution in [0.2, 0.25) is 0 Å². The number of carbonyl (C=O) groups excluding carboxylic acids is 1. The van der Waals surface area contributed by atoms with Gasteiger partial charge in [-0.3, -0.25) is 4.79 Å². The van der Waals surface area contributed by atoms with Crippen LogP contribution in [0.25, 0.3) is 11.2 Å². The van der Waals surface area contributed by atoms with Gasteiger partial charge in [-0.25, -0.2) is 9.78 Å². The zero-order valence-corrected chi connectivity index (χ0v) is 27.4. The van der Waals surface area contributed by atoms with Crippen molar-refractivity contribution in [1.82, 2.24) is 24.8 Å². The maximum Gasteiger partial charge on any atom is 0.490 e. The number of carbonyl (C=O) groups is 2. The summed E-state index contributed by atoms with van der Waals surface area (Å²) >= 11 is 0. The first-order chi connectivity index (χ1) is 24.2. The average Bonchev–Trinajstić information content (AvgIpc) is 3.80. The number of aromatic nitrogens is 4. The molecule has 2 aliphatic rings. The van der Waals surface area contributed by atoms with Gasteiger partial charge in [-0.15, -0.1) is 0 Å². The highest BCUT2D eigenvalue weighted by Crippen LogP contribution is 2.36. The number of nitrogens with zero attached hydrogens (tertiary/aromatic N) is 5. The number of imidazole rings is 1. The Balaban J connectivity index is 0.000000654. The lowest BCUT2D eigenvalue weighted by molar-refractivity contribution is -0.192. The second-order valence-electron chi connectivity index (χ2n) is 12.4.